The number of aromatic nitrogens is 2. The normalized spacial score (nSPS) is 12.1. The Hall–Kier alpha value is -2.66. The highest BCUT2D eigenvalue weighted by Gasteiger charge is 2.16. The lowest BCUT2D eigenvalue weighted by Crippen LogP contribution is -2.14. The molecule has 1 unspecified atom stereocenters. The number of nitrogens with zero attached hydrogens (tertiary/aromatic N) is 1. The molecule has 0 radical (unpaired) electrons. The summed E-state index contributed by atoms with van der Waals surface area (Å²) in [6, 6.07) is 16.1. The highest BCUT2D eigenvalue weighted by molar-refractivity contribution is 5.60. The fourth-order valence-electron chi connectivity index (χ4n) is 2.56. The Morgan fingerprint density at radius 3 is 2.43 bits per heavy atom. The molecule has 0 aliphatic carbocycles. The first-order valence-electron chi connectivity index (χ1n) is 7.36. The van der Waals surface area contributed by atoms with Crippen LogP contribution >= 0.6 is 0 Å². The first-order chi connectivity index (χ1) is 11.2. The second-order valence-corrected chi connectivity index (χ2v) is 5.28. The van der Waals surface area contributed by atoms with Crippen LogP contribution in [0.3, 0.4) is 0 Å². The molecule has 3 N–H and O–H groups in total. The zero-order valence-corrected chi connectivity index (χ0v) is 12.8. The molecule has 0 aliphatic rings. The maximum absolute atomic E-state index is 13.1. The number of halogens is 1. The van der Waals surface area contributed by atoms with E-state index < -0.39 is 0 Å². The number of ether oxygens (including phenoxy) is 1. The molecule has 0 saturated carbocycles. The van der Waals surface area contributed by atoms with Gasteiger partial charge < -0.3 is 10.5 Å². The molecule has 4 nitrogen and oxygen atoms in total. The quantitative estimate of drug-likeness (QED) is 0.760. The van der Waals surface area contributed by atoms with Gasteiger partial charge in [-0.05, 0) is 48.0 Å². The number of methoxy groups -OCH3 is 1. The third kappa shape index (κ3) is 3.24. The van der Waals surface area contributed by atoms with Crippen molar-refractivity contribution in [3.05, 3.63) is 71.7 Å². The summed E-state index contributed by atoms with van der Waals surface area (Å²) >= 11 is 0. The van der Waals surface area contributed by atoms with E-state index in [0.717, 1.165) is 28.3 Å². The van der Waals surface area contributed by atoms with E-state index in [1.54, 1.807) is 19.2 Å². The molecule has 0 amide bonds. The minimum atomic E-state index is -0.256. The van der Waals surface area contributed by atoms with Crippen LogP contribution in [-0.2, 0) is 0 Å². The summed E-state index contributed by atoms with van der Waals surface area (Å²) in [6.45, 7) is 0.413. The molecule has 0 saturated heterocycles. The maximum Gasteiger partial charge on any atom is 0.123 e. The molecule has 1 atom stereocenters. The van der Waals surface area contributed by atoms with Gasteiger partial charge in [0.2, 0.25) is 0 Å². The van der Waals surface area contributed by atoms with Gasteiger partial charge in [-0.15, -0.1) is 0 Å². The van der Waals surface area contributed by atoms with Crippen LogP contribution in [0.15, 0.2) is 54.6 Å². The molecule has 1 heterocycles. The van der Waals surface area contributed by atoms with Crippen molar-refractivity contribution in [2.24, 2.45) is 5.73 Å². The lowest BCUT2D eigenvalue weighted by Gasteiger charge is -2.12. The summed E-state index contributed by atoms with van der Waals surface area (Å²) < 4.78 is 18.2. The Morgan fingerprint density at radius 2 is 1.83 bits per heavy atom. The number of benzene rings is 2. The summed E-state index contributed by atoms with van der Waals surface area (Å²) in [4.78, 5) is 0. The van der Waals surface area contributed by atoms with Crippen LogP contribution in [0.4, 0.5) is 4.39 Å². The Balaban J connectivity index is 1.88. The van der Waals surface area contributed by atoms with Crippen LogP contribution < -0.4 is 10.5 Å². The predicted octanol–water partition coefficient (Wildman–Crippen LogP) is 3.32. The van der Waals surface area contributed by atoms with Gasteiger partial charge in [0, 0.05) is 23.7 Å². The summed E-state index contributed by atoms with van der Waals surface area (Å²) in [5.74, 6) is 0.499. The van der Waals surface area contributed by atoms with Gasteiger partial charge >= 0.3 is 0 Å². The Labute approximate surface area is 134 Å². The van der Waals surface area contributed by atoms with Crippen molar-refractivity contribution in [1.29, 1.82) is 0 Å². The minimum absolute atomic E-state index is 0.0462. The van der Waals surface area contributed by atoms with Gasteiger partial charge in [-0.25, -0.2) is 4.39 Å². The lowest BCUT2D eigenvalue weighted by atomic mass is 9.95. The van der Waals surface area contributed by atoms with Crippen molar-refractivity contribution in [2.75, 3.05) is 13.7 Å². The van der Waals surface area contributed by atoms with E-state index in [1.807, 2.05) is 30.3 Å². The van der Waals surface area contributed by atoms with Gasteiger partial charge in [-0.1, -0.05) is 12.1 Å². The third-order valence-corrected chi connectivity index (χ3v) is 3.87. The van der Waals surface area contributed by atoms with Crippen LogP contribution in [-0.4, -0.2) is 23.9 Å². The summed E-state index contributed by atoms with van der Waals surface area (Å²) in [5, 5.41) is 7.40. The van der Waals surface area contributed by atoms with Gasteiger partial charge in [-0.3, -0.25) is 5.10 Å². The van der Waals surface area contributed by atoms with Crippen molar-refractivity contribution in [3.8, 4) is 17.0 Å². The first kappa shape index (κ1) is 15.2. The largest absolute Gasteiger partial charge is 0.497 e. The van der Waals surface area contributed by atoms with Gasteiger partial charge in [-0.2, -0.15) is 5.10 Å². The fraction of sp³-hybridized carbons (Fsp3) is 0.167. The Bertz CT molecular complexity index is 766. The van der Waals surface area contributed by atoms with Crippen molar-refractivity contribution in [3.63, 3.8) is 0 Å². The second kappa shape index (κ2) is 6.62. The highest BCUT2D eigenvalue weighted by Crippen LogP contribution is 2.27. The average Bonchev–Trinajstić information content (AvgIpc) is 3.07. The number of rotatable bonds is 5. The number of hydrogen-bond acceptors (Lipinski definition) is 3. The number of aromatic amines is 1. The van der Waals surface area contributed by atoms with Crippen LogP contribution in [0, 0.1) is 5.82 Å². The van der Waals surface area contributed by atoms with Gasteiger partial charge in [0.25, 0.3) is 0 Å². The SMILES string of the molecule is COc1ccc(-c2cc(C(CN)c3ccc(F)cc3)[nH]n2)cc1. The molecule has 118 valence electrons. The average molecular weight is 311 g/mol. The smallest absolute Gasteiger partial charge is 0.123 e. The zero-order valence-electron chi connectivity index (χ0n) is 12.8. The molecule has 0 aliphatic heterocycles. The fourth-order valence-corrected chi connectivity index (χ4v) is 2.56. The summed E-state index contributed by atoms with van der Waals surface area (Å²) in [5.41, 5.74) is 9.59. The van der Waals surface area contributed by atoms with Crippen LogP contribution in [0.5, 0.6) is 5.75 Å². The van der Waals surface area contributed by atoms with E-state index in [-0.39, 0.29) is 11.7 Å². The standard InChI is InChI=1S/C18H18FN3O/c1-23-15-8-4-13(5-9-15)17-10-18(22-21-17)16(11-20)12-2-6-14(19)7-3-12/h2-10,16H,11,20H2,1H3,(H,21,22). The van der Waals surface area contributed by atoms with E-state index in [0.29, 0.717) is 6.54 Å². The molecule has 3 aromatic rings. The van der Waals surface area contributed by atoms with Crippen molar-refractivity contribution >= 4 is 0 Å². The van der Waals surface area contributed by atoms with Gasteiger partial charge in [0.15, 0.2) is 0 Å². The molecule has 0 fully saturated rings. The summed E-state index contributed by atoms with van der Waals surface area (Å²) in [6.07, 6.45) is 0. The molecule has 0 bridgehead atoms. The molecule has 1 aromatic heterocycles. The number of hydrogen-bond donors (Lipinski definition) is 2. The molecule has 23 heavy (non-hydrogen) atoms. The van der Waals surface area contributed by atoms with Crippen LogP contribution in [0.2, 0.25) is 0 Å². The van der Waals surface area contributed by atoms with Crippen molar-refractivity contribution in [1.82, 2.24) is 10.2 Å². The van der Waals surface area contributed by atoms with Gasteiger partial charge in [0.1, 0.15) is 11.6 Å². The van der Waals surface area contributed by atoms with Crippen molar-refractivity contribution in [2.45, 2.75) is 5.92 Å². The molecule has 3 rings (SSSR count). The molecular weight excluding hydrogens is 293 g/mol. The molecule has 5 heteroatoms. The maximum atomic E-state index is 13.1. The topological polar surface area (TPSA) is 63.9 Å². The number of nitrogens with two attached hydrogens (primary N) is 1. The van der Waals surface area contributed by atoms with E-state index in [1.165, 1.54) is 12.1 Å². The van der Waals surface area contributed by atoms with Crippen molar-refractivity contribution < 1.29 is 9.13 Å². The molecule has 2 aromatic carbocycles. The van der Waals surface area contributed by atoms with E-state index in [4.69, 9.17) is 10.5 Å². The van der Waals surface area contributed by atoms with E-state index in [9.17, 15) is 4.39 Å². The lowest BCUT2D eigenvalue weighted by molar-refractivity contribution is 0.415. The third-order valence-electron chi connectivity index (χ3n) is 3.87. The second-order valence-electron chi connectivity index (χ2n) is 5.28. The number of nitrogens with one attached hydrogen (secondary N) is 1. The Morgan fingerprint density at radius 1 is 1.13 bits per heavy atom. The monoisotopic (exact) mass is 311 g/mol. The summed E-state index contributed by atoms with van der Waals surface area (Å²) in [7, 11) is 1.64. The van der Waals surface area contributed by atoms with Gasteiger partial charge in [0.05, 0.1) is 12.8 Å². The van der Waals surface area contributed by atoms with E-state index in [2.05, 4.69) is 10.2 Å². The minimum Gasteiger partial charge on any atom is -0.497 e. The van der Waals surface area contributed by atoms with Crippen LogP contribution in [0.1, 0.15) is 17.2 Å². The molecule has 0 spiro atoms. The first-order valence-corrected chi connectivity index (χ1v) is 7.36. The molecular formula is C18H18FN3O. The Kier molecular flexibility index (Phi) is 4.39. The zero-order chi connectivity index (χ0) is 16.2. The van der Waals surface area contributed by atoms with Crippen LogP contribution in [0.25, 0.3) is 11.3 Å². The van der Waals surface area contributed by atoms with E-state index >= 15 is 0 Å². The highest BCUT2D eigenvalue weighted by atomic mass is 19.1. The number of H-pyrrole nitrogens is 1. The predicted molar refractivity (Wildman–Crippen MR) is 87.9 cm³/mol.